The largest absolute Gasteiger partial charge is 0.448 e. The molecule has 1 fully saturated rings. The zero-order valence-corrected chi connectivity index (χ0v) is 15.1. The molecule has 1 aliphatic rings. The first-order valence-electron chi connectivity index (χ1n) is 9.20. The SMILES string of the molecule is C[C@@H]1[C@H](C)CCC[C@H]1NC(=O)Cn1cnc2c(oc3ccccc32)c1=O. The summed E-state index contributed by atoms with van der Waals surface area (Å²) in [5.74, 6) is 0.890. The van der Waals surface area contributed by atoms with E-state index in [2.05, 4.69) is 24.1 Å². The number of nitrogens with zero attached hydrogens (tertiary/aromatic N) is 2. The highest BCUT2D eigenvalue weighted by molar-refractivity contribution is 6.01. The zero-order chi connectivity index (χ0) is 18.3. The van der Waals surface area contributed by atoms with Crippen LogP contribution in [0.5, 0.6) is 0 Å². The van der Waals surface area contributed by atoms with Gasteiger partial charge in [-0.15, -0.1) is 0 Å². The standard InChI is InChI=1S/C20H23N3O3/c1-12-6-5-8-15(13(12)2)22-17(24)10-23-11-21-18-14-7-3-4-9-16(14)26-19(18)20(23)25/h3-4,7,9,11-13,15H,5-6,8,10H2,1-2H3,(H,22,24)/t12-,13-,15-/m1/s1. The maximum absolute atomic E-state index is 12.7. The summed E-state index contributed by atoms with van der Waals surface area (Å²) in [6.45, 7) is 4.37. The number of aromatic nitrogens is 2. The van der Waals surface area contributed by atoms with Crippen LogP contribution in [-0.4, -0.2) is 21.5 Å². The molecule has 0 aliphatic heterocycles. The molecule has 6 heteroatoms. The highest BCUT2D eigenvalue weighted by Crippen LogP contribution is 2.29. The Hall–Kier alpha value is -2.63. The Kier molecular flexibility index (Phi) is 4.26. The van der Waals surface area contributed by atoms with E-state index < -0.39 is 0 Å². The van der Waals surface area contributed by atoms with Crippen molar-refractivity contribution < 1.29 is 9.21 Å². The summed E-state index contributed by atoms with van der Waals surface area (Å²) in [6.07, 6.45) is 4.76. The van der Waals surface area contributed by atoms with E-state index in [-0.39, 0.29) is 29.6 Å². The van der Waals surface area contributed by atoms with Crippen molar-refractivity contribution in [1.29, 1.82) is 0 Å². The van der Waals surface area contributed by atoms with Gasteiger partial charge in [-0.3, -0.25) is 14.2 Å². The van der Waals surface area contributed by atoms with Gasteiger partial charge in [0, 0.05) is 11.4 Å². The molecule has 1 amide bonds. The average molecular weight is 353 g/mol. The lowest BCUT2D eigenvalue weighted by Crippen LogP contribution is -2.45. The third-order valence-corrected chi connectivity index (χ3v) is 5.72. The quantitative estimate of drug-likeness (QED) is 0.785. The number of fused-ring (bicyclic) bond motifs is 3. The van der Waals surface area contributed by atoms with E-state index in [9.17, 15) is 9.59 Å². The van der Waals surface area contributed by atoms with E-state index in [0.29, 0.717) is 22.9 Å². The lowest BCUT2D eigenvalue weighted by molar-refractivity contribution is -0.123. The molecular weight excluding hydrogens is 330 g/mol. The van der Waals surface area contributed by atoms with Gasteiger partial charge in [0.15, 0.2) is 0 Å². The molecule has 3 atom stereocenters. The van der Waals surface area contributed by atoms with Crippen molar-refractivity contribution in [2.24, 2.45) is 11.8 Å². The number of hydrogen-bond acceptors (Lipinski definition) is 4. The predicted molar refractivity (Wildman–Crippen MR) is 99.9 cm³/mol. The number of para-hydroxylation sites is 1. The van der Waals surface area contributed by atoms with Crippen LogP contribution in [0.15, 0.2) is 39.8 Å². The second-order valence-electron chi connectivity index (χ2n) is 7.39. The van der Waals surface area contributed by atoms with Gasteiger partial charge in [-0.25, -0.2) is 4.98 Å². The van der Waals surface area contributed by atoms with Crippen LogP contribution in [0.3, 0.4) is 0 Å². The number of amides is 1. The zero-order valence-electron chi connectivity index (χ0n) is 15.1. The van der Waals surface area contributed by atoms with E-state index in [1.54, 1.807) is 6.07 Å². The predicted octanol–water partition coefficient (Wildman–Crippen LogP) is 3.08. The smallest absolute Gasteiger partial charge is 0.297 e. The van der Waals surface area contributed by atoms with Crippen molar-refractivity contribution in [2.75, 3.05) is 0 Å². The minimum Gasteiger partial charge on any atom is -0.448 e. The Morgan fingerprint density at radius 1 is 1.31 bits per heavy atom. The minimum absolute atomic E-state index is 0.0452. The summed E-state index contributed by atoms with van der Waals surface area (Å²) >= 11 is 0. The molecule has 0 radical (unpaired) electrons. The van der Waals surface area contributed by atoms with Gasteiger partial charge in [-0.1, -0.05) is 38.8 Å². The molecule has 0 bridgehead atoms. The van der Waals surface area contributed by atoms with Gasteiger partial charge in [-0.05, 0) is 30.4 Å². The minimum atomic E-state index is -0.327. The summed E-state index contributed by atoms with van der Waals surface area (Å²) in [5, 5.41) is 3.90. The maximum Gasteiger partial charge on any atom is 0.297 e. The van der Waals surface area contributed by atoms with Crippen LogP contribution >= 0.6 is 0 Å². The van der Waals surface area contributed by atoms with Crippen LogP contribution in [0.2, 0.25) is 0 Å². The van der Waals surface area contributed by atoms with E-state index in [0.717, 1.165) is 18.2 Å². The molecule has 4 rings (SSSR count). The molecule has 0 unspecified atom stereocenters. The van der Waals surface area contributed by atoms with Crippen LogP contribution < -0.4 is 10.9 Å². The molecule has 1 N–H and O–H groups in total. The first kappa shape index (κ1) is 16.8. The topological polar surface area (TPSA) is 77.1 Å². The highest BCUT2D eigenvalue weighted by Gasteiger charge is 2.28. The molecule has 26 heavy (non-hydrogen) atoms. The van der Waals surface area contributed by atoms with Crippen molar-refractivity contribution in [3.05, 3.63) is 40.9 Å². The molecule has 136 valence electrons. The normalized spacial score (nSPS) is 23.4. The Morgan fingerprint density at radius 2 is 2.12 bits per heavy atom. The molecule has 2 heterocycles. The van der Waals surface area contributed by atoms with Crippen molar-refractivity contribution in [2.45, 2.75) is 45.7 Å². The van der Waals surface area contributed by atoms with E-state index in [4.69, 9.17) is 4.42 Å². The lowest BCUT2D eigenvalue weighted by atomic mass is 9.78. The Morgan fingerprint density at radius 3 is 2.96 bits per heavy atom. The summed E-state index contributed by atoms with van der Waals surface area (Å²) < 4.78 is 6.98. The molecule has 1 aromatic carbocycles. The van der Waals surface area contributed by atoms with E-state index in [1.807, 2.05) is 18.2 Å². The van der Waals surface area contributed by atoms with Gasteiger partial charge in [0.1, 0.15) is 17.6 Å². The third kappa shape index (κ3) is 2.89. The average Bonchev–Trinajstić information content (AvgIpc) is 3.01. The van der Waals surface area contributed by atoms with E-state index >= 15 is 0 Å². The lowest BCUT2D eigenvalue weighted by Gasteiger charge is -2.34. The molecular formula is C20H23N3O3. The summed E-state index contributed by atoms with van der Waals surface area (Å²) in [6, 6.07) is 7.58. The highest BCUT2D eigenvalue weighted by atomic mass is 16.3. The maximum atomic E-state index is 12.7. The number of furan rings is 1. The van der Waals surface area contributed by atoms with Crippen LogP contribution in [0.4, 0.5) is 0 Å². The number of nitrogens with one attached hydrogen (secondary N) is 1. The number of hydrogen-bond donors (Lipinski definition) is 1. The molecule has 6 nitrogen and oxygen atoms in total. The molecule has 2 aromatic heterocycles. The summed E-state index contributed by atoms with van der Waals surface area (Å²) in [5.41, 5.74) is 1.03. The van der Waals surface area contributed by atoms with Gasteiger partial charge in [-0.2, -0.15) is 0 Å². The van der Waals surface area contributed by atoms with Crippen molar-refractivity contribution in [1.82, 2.24) is 14.9 Å². The van der Waals surface area contributed by atoms with Crippen LogP contribution in [-0.2, 0) is 11.3 Å². The first-order chi connectivity index (χ1) is 12.5. The molecule has 3 aromatic rings. The second-order valence-corrected chi connectivity index (χ2v) is 7.39. The van der Waals surface area contributed by atoms with Crippen molar-refractivity contribution in [3.8, 4) is 0 Å². The van der Waals surface area contributed by atoms with Crippen molar-refractivity contribution >= 4 is 28.0 Å². The molecule has 0 saturated heterocycles. The second kappa shape index (κ2) is 6.59. The van der Waals surface area contributed by atoms with Gasteiger partial charge in [0.2, 0.25) is 11.5 Å². The summed E-state index contributed by atoms with van der Waals surface area (Å²) in [7, 11) is 0. The van der Waals surface area contributed by atoms with Crippen LogP contribution in [0, 0.1) is 11.8 Å². The fourth-order valence-electron chi connectivity index (χ4n) is 3.92. The number of carbonyl (C=O) groups is 1. The van der Waals surface area contributed by atoms with Gasteiger partial charge >= 0.3 is 0 Å². The first-order valence-corrected chi connectivity index (χ1v) is 9.20. The van der Waals surface area contributed by atoms with Crippen LogP contribution in [0.1, 0.15) is 33.1 Å². The van der Waals surface area contributed by atoms with Gasteiger partial charge < -0.3 is 9.73 Å². The fraction of sp³-hybridized carbons (Fsp3) is 0.450. The van der Waals surface area contributed by atoms with Crippen LogP contribution in [0.25, 0.3) is 22.1 Å². The van der Waals surface area contributed by atoms with Gasteiger partial charge in [0.05, 0.1) is 6.33 Å². The third-order valence-electron chi connectivity index (χ3n) is 5.72. The molecule has 0 spiro atoms. The van der Waals surface area contributed by atoms with E-state index in [1.165, 1.54) is 17.3 Å². The number of carbonyl (C=O) groups excluding carboxylic acids is 1. The Labute approximate surface area is 151 Å². The van der Waals surface area contributed by atoms with Gasteiger partial charge in [0.25, 0.3) is 5.56 Å². The number of rotatable bonds is 3. The fourth-order valence-corrected chi connectivity index (χ4v) is 3.92. The van der Waals surface area contributed by atoms with Crippen molar-refractivity contribution in [3.63, 3.8) is 0 Å². The summed E-state index contributed by atoms with van der Waals surface area (Å²) in [4.78, 5) is 29.5. The molecule has 1 aliphatic carbocycles. The monoisotopic (exact) mass is 353 g/mol. The number of benzene rings is 1. The Balaban J connectivity index is 1.57. The molecule has 1 saturated carbocycles. The Bertz CT molecular complexity index is 1020.